The van der Waals surface area contributed by atoms with Gasteiger partial charge in [0.2, 0.25) is 0 Å². The highest BCUT2D eigenvalue weighted by Crippen LogP contribution is 2.39. The summed E-state index contributed by atoms with van der Waals surface area (Å²) in [4.78, 5) is 14.6. The van der Waals surface area contributed by atoms with Gasteiger partial charge in [0.25, 0.3) is 0 Å². The maximum Gasteiger partial charge on any atom is 0.415 e. The molecule has 3 aromatic carbocycles. The predicted molar refractivity (Wildman–Crippen MR) is 140 cm³/mol. The number of nitrogens with two attached hydrogens (primary N) is 1. The van der Waals surface area contributed by atoms with Crippen LogP contribution >= 0.6 is 34.2 Å². The predicted octanol–water partition coefficient (Wildman–Crippen LogP) is 7.10. The number of nitrogen functional groups attached to an aromatic ring is 1. The van der Waals surface area contributed by atoms with E-state index >= 15 is 0 Å². The first kappa shape index (κ1) is 24.2. The normalized spacial score (nSPS) is 11.7. The number of hydrogen-bond donors (Lipinski definition) is 1. The summed E-state index contributed by atoms with van der Waals surface area (Å²) in [5, 5.41) is 1.81. The fourth-order valence-electron chi connectivity index (χ4n) is 3.15. The van der Waals surface area contributed by atoms with Crippen molar-refractivity contribution in [1.29, 1.82) is 0 Å². The highest BCUT2D eigenvalue weighted by atomic mass is 127. The van der Waals surface area contributed by atoms with Crippen LogP contribution in [0.3, 0.4) is 0 Å². The molecule has 3 rings (SSSR count). The minimum absolute atomic E-state index is 0.257. The fraction of sp³-hybridized carbons (Fsp3) is 0.240. The highest BCUT2D eigenvalue weighted by molar-refractivity contribution is 14.1. The summed E-state index contributed by atoms with van der Waals surface area (Å²) in [5.41, 5.74) is 9.17. The molecule has 1 amide bonds. The first-order valence-electron chi connectivity index (χ1n) is 10.1. The van der Waals surface area contributed by atoms with Gasteiger partial charge in [-0.05, 0) is 61.1 Å². The molecule has 0 bridgehead atoms. The van der Waals surface area contributed by atoms with Crippen molar-refractivity contribution in [3.63, 3.8) is 0 Å². The van der Waals surface area contributed by atoms with Gasteiger partial charge in [0.15, 0.2) is 0 Å². The van der Waals surface area contributed by atoms with Crippen LogP contribution in [0.25, 0.3) is 10.8 Å². The number of halogens is 2. The third kappa shape index (κ3) is 6.07. The molecule has 168 valence electrons. The Morgan fingerprint density at radius 3 is 2.50 bits per heavy atom. The SMILES string of the molecule is CC(C)(C)OC(=O)N(CC=CCl)c1cc(OCc2ccccc2)c2cc(N)ccc2c1I. The minimum Gasteiger partial charge on any atom is -0.488 e. The van der Waals surface area contributed by atoms with Gasteiger partial charge in [0.1, 0.15) is 18.0 Å². The van der Waals surface area contributed by atoms with Crippen LogP contribution in [0.1, 0.15) is 26.3 Å². The second-order valence-corrected chi connectivity index (χ2v) is 9.57. The van der Waals surface area contributed by atoms with Gasteiger partial charge < -0.3 is 15.2 Å². The molecule has 0 fully saturated rings. The average Bonchev–Trinajstić information content (AvgIpc) is 2.74. The number of hydrogen-bond acceptors (Lipinski definition) is 4. The van der Waals surface area contributed by atoms with Gasteiger partial charge in [-0.3, -0.25) is 4.90 Å². The monoisotopic (exact) mass is 564 g/mol. The van der Waals surface area contributed by atoms with Gasteiger partial charge in [-0.2, -0.15) is 0 Å². The van der Waals surface area contributed by atoms with Gasteiger partial charge in [-0.25, -0.2) is 4.79 Å². The van der Waals surface area contributed by atoms with Gasteiger partial charge in [0.05, 0.1) is 5.69 Å². The lowest BCUT2D eigenvalue weighted by Crippen LogP contribution is -2.37. The summed E-state index contributed by atoms with van der Waals surface area (Å²) in [6.07, 6.45) is 1.23. The van der Waals surface area contributed by atoms with Gasteiger partial charge >= 0.3 is 6.09 Å². The zero-order valence-electron chi connectivity index (χ0n) is 18.3. The molecule has 0 heterocycles. The number of carbonyl (C=O) groups excluding carboxylic acids is 1. The molecule has 5 nitrogen and oxygen atoms in total. The van der Waals surface area contributed by atoms with Crippen LogP contribution in [-0.2, 0) is 11.3 Å². The van der Waals surface area contributed by atoms with E-state index in [1.807, 2.05) is 75.4 Å². The van der Waals surface area contributed by atoms with Crippen LogP contribution < -0.4 is 15.4 Å². The molecule has 3 aromatic rings. The van der Waals surface area contributed by atoms with Crippen molar-refractivity contribution in [3.05, 3.63) is 75.3 Å². The smallest absolute Gasteiger partial charge is 0.415 e. The van der Waals surface area contributed by atoms with Crippen LogP contribution in [0.15, 0.2) is 66.2 Å². The minimum atomic E-state index is -0.636. The maximum atomic E-state index is 13.1. The molecule has 0 radical (unpaired) electrons. The second kappa shape index (κ2) is 10.4. The summed E-state index contributed by atoms with van der Waals surface area (Å²) in [5.74, 6) is 0.634. The van der Waals surface area contributed by atoms with E-state index in [0.29, 0.717) is 23.7 Å². The Hall–Kier alpha value is -2.45. The lowest BCUT2D eigenvalue weighted by atomic mass is 10.1. The van der Waals surface area contributed by atoms with Crippen molar-refractivity contribution in [2.24, 2.45) is 0 Å². The van der Waals surface area contributed by atoms with Crippen molar-refractivity contribution in [1.82, 2.24) is 0 Å². The van der Waals surface area contributed by atoms with Crippen molar-refractivity contribution >= 4 is 62.4 Å². The molecular weight excluding hydrogens is 539 g/mol. The van der Waals surface area contributed by atoms with Crippen LogP contribution in [-0.4, -0.2) is 18.2 Å². The van der Waals surface area contributed by atoms with Crippen molar-refractivity contribution in [3.8, 4) is 5.75 Å². The summed E-state index contributed by atoms with van der Waals surface area (Å²) >= 11 is 8.01. The van der Waals surface area contributed by atoms with E-state index in [9.17, 15) is 4.79 Å². The molecule has 0 atom stereocenters. The van der Waals surface area contributed by atoms with E-state index in [2.05, 4.69) is 22.6 Å². The summed E-state index contributed by atoms with van der Waals surface area (Å²) in [6.45, 7) is 6.15. The van der Waals surface area contributed by atoms with Crippen molar-refractivity contribution in [2.75, 3.05) is 17.2 Å². The molecule has 0 saturated heterocycles. The summed E-state index contributed by atoms with van der Waals surface area (Å²) < 4.78 is 12.7. The number of ether oxygens (including phenoxy) is 2. The average molecular weight is 565 g/mol. The van der Waals surface area contributed by atoms with E-state index in [4.69, 9.17) is 26.8 Å². The van der Waals surface area contributed by atoms with Gasteiger partial charge in [-0.1, -0.05) is 54.1 Å². The fourth-order valence-corrected chi connectivity index (χ4v) is 4.14. The quantitative estimate of drug-likeness (QED) is 0.256. The van der Waals surface area contributed by atoms with E-state index in [-0.39, 0.29) is 6.54 Å². The molecule has 0 unspecified atom stereocenters. The molecule has 32 heavy (non-hydrogen) atoms. The third-order valence-corrected chi connectivity index (χ3v) is 5.87. The Balaban J connectivity index is 2.10. The molecular formula is C25H26ClIN2O3. The molecule has 0 aliphatic carbocycles. The van der Waals surface area contributed by atoms with Crippen LogP contribution in [0.4, 0.5) is 16.2 Å². The molecule has 0 saturated carbocycles. The Morgan fingerprint density at radius 2 is 1.84 bits per heavy atom. The first-order chi connectivity index (χ1) is 15.2. The van der Waals surface area contributed by atoms with Crippen molar-refractivity contribution in [2.45, 2.75) is 33.0 Å². The zero-order valence-corrected chi connectivity index (χ0v) is 21.2. The molecule has 0 aromatic heterocycles. The van der Waals surface area contributed by atoms with Crippen molar-refractivity contribution < 1.29 is 14.3 Å². The van der Waals surface area contributed by atoms with E-state index < -0.39 is 11.7 Å². The van der Waals surface area contributed by atoms with E-state index in [1.54, 1.807) is 11.0 Å². The topological polar surface area (TPSA) is 64.8 Å². The number of fused-ring (bicyclic) bond motifs is 1. The molecule has 0 aliphatic rings. The van der Waals surface area contributed by atoms with E-state index in [0.717, 1.165) is 19.9 Å². The number of benzene rings is 3. The summed E-state index contributed by atoms with van der Waals surface area (Å²) in [7, 11) is 0. The number of anilines is 2. The lowest BCUT2D eigenvalue weighted by molar-refractivity contribution is 0.0584. The van der Waals surface area contributed by atoms with Gasteiger partial charge in [0, 0.05) is 38.2 Å². The Bertz CT molecular complexity index is 1130. The Labute approximate surface area is 207 Å². The van der Waals surface area contributed by atoms with Crippen LogP contribution in [0.5, 0.6) is 5.75 Å². The highest BCUT2D eigenvalue weighted by Gasteiger charge is 2.26. The number of nitrogens with zero attached hydrogens (tertiary/aromatic N) is 1. The standard InChI is InChI=1S/C25H26ClIN2O3/c1-25(2,3)32-24(30)29(13-7-12-26)21-15-22(31-16-17-8-5-4-6-9-17)20-14-18(28)10-11-19(20)23(21)27/h4-12,14-15H,13,16,28H2,1-3H3. The number of carbonyl (C=O) groups is 1. The van der Waals surface area contributed by atoms with E-state index in [1.165, 1.54) is 5.54 Å². The third-order valence-electron chi connectivity index (χ3n) is 4.56. The van der Waals surface area contributed by atoms with Crippen LogP contribution in [0.2, 0.25) is 0 Å². The largest absolute Gasteiger partial charge is 0.488 e. The number of rotatable bonds is 6. The zero-order chi connectivity index (χ0) is 23.3. The molecule has 0 aliphatic heterocycles. The van der Waals surface area contributed by atoms with Gasteiger partial charge in [-0.15, -0.1) is 0 Å². The maximum absolute atomic E-state index is 13.1. The molecule has 2 N–H and O–H groups in total. The second-order valence-electron chi connectivity index (χ2n) is 8.24. The number of amides is 1. The molecule has 0 spiro atoms. The van der Waals surface area contributed by atoms with Crippen LogP contribution in [0, 0.1) is 3.57 Å². The first-order valence-corrected chi connectivity index (χ1v) is 11.7. The Morgan fingerprint density at radius 1 is 1.12 bits per heavy atom. The summed E-state index contributed by atoms with van der Waals surface area (Å²) in [6, 6.07) is 17.4. The lowest BCUT2D eigenvalue weighted by Gasteiger charge is -2.28. The Kier molecular flexibility index (Phi) is 7.90. The molecule has 7 heteroatoms.